The Bertz CT molecular complexity index is 272. The Morgan fingerprint density at radius 1 is 1.17 bits per heavy atom. The van der Waals surface area contributed by atoms with Crippen molar-refractivity contribution in [2.75, 3.05) is 0 Å². The zero-order chi connectivity index (χ0) is 9.30. The van der Waals surface area contributed by atoms with Crippen molar-refractivity contribution in [1.82, 2.24) is 0 Å². The van der Waals surface area contributed by atoms with Crippen LogP contribution < -0.4 is 0 Å². The Labute approximate surface area is 96.4 Å². The van der Waals surface area contributed by atoms with E-state index in [2.05, 4.69) is 36.4 Å². The molecule has 0 atom stereocenters. The van der Waals surface area contributed by atoms with Crippen molar-refractivity contribution in [1.29, 1.82) is 0 Å². The average Bonchev–Trinajstić information content (AvgIpc) is 1.99. The van der Waals surface area contributed by atoms with Crippen LogP contribution in [0.4, 0.5) is 0 Å². The van der Waals surface area contributed by atoms with Gasteiger partial charge in [-0.3, -0.25) is 0 Å². The molecule has 0 unspecified atom stereocenters. The van der Waals surface area contributed by atoms with E-state index in [1.54, 1.807) is 0 Å². The van der Waals surface area contributed by atoms with E-state index in [0.717, 1.165) is 13.6 Å². The molecule has 0 radical (unpaired) electrons. The highest BCUT2D eigenvalue weighted by Crippen LogP contribution is 2.30. The van der Waals surface area contributed by atoms with Gasteiger partial charge in [0.05, 0.1) is 13.6 Å². The van der Waals surface area contributed by atoms with Gasteiger partial charge in [-0.25, -0.2) is 0 Å². The molecule has 0 spiro atoms. The summed E-state index contributed by atoms with van der Waals surface area (Å²) in [7, 11) is 0. The third-order valence-corrected chi connectivity index (χ3v) is 4.07. The van der Waals surface area contributed by atoms with E-state index in [4.69, 9.17) is 23.2 Å². The number of benzene rings is 1. The van der Waals surface area contributed by atoms with E-state index in [9.17, 15) is 0 Å². The van der Waals surface area contributed by atoms with Gasteiger partial charge in [0.15, 0.2) is 0 Å². The highest BCUT2D eigenvalue weighted by molar-refractivity contribution is 14.1. The molecule has 12 heavy (non-hydrogen) atoms. The van der Waals surface area contributed by atoms with E-state index in [1.165, 1.54) is 5.56 Å². The Morgan fingerprint density at radius 2 is 1.58 bits per heavy atom. The summed E-state index contributed by atoms with van der Waals surface area (Å²) in [5.41, 5.74) is 1.19. The standard InChI is InChI=1S/C9H9Cl2I/c1-5(2)6-3-7(10)9(12)8(11)4-6/h3-5H,1-2H3. The smallest absolute Gasteiger partial charge is 0.0557 e. The maximum atomic E-state index is 5.97. The Balaban J connectivity index is 3.21. The van der Waals surface area contributed by atoms with Gasteiger partial charge >= 0.3 is 0 Å². The summed E-state index contributed by atoms with van der Waals surface area (Å²) in [6.45, 7) is 4.24. The monoisotopic (exact) mass is 314 g/mol. The lowest BCUT2D eigenvalue weighted by molar-refractivity contribution is 0.866. The van der Waals surface area contributed by atoms with Gasteiger partial charge in [0.25, 0.3) is 0 Å². The summed E-state index contributed by atoms with van der Waals surface area (Å²) in [6.07, 6.45) is 0. The lowest BCUT2D eigenvalue weighted by Crippen LogP contribution is -1.89. The minimum atomic E-state index is 0.469. The van der Waals surface area contributed by atoms with Crippen molar-refractivity contribution in [2.45, 2.75) is 19.8 Å². The van der Waals surface area contributed by atoms with Crippen molar-refractivity contribution in [3.05, 3.63) is 31.3 Å². The van der Waals surface area contributed by atoms with Crippen molar-refractivity contribution < 1.29 is 0 Å². The number of hydrogen-bond acceptors (Lipinski definition) is 0. The summed E-state index contributed by atoms with van der Waals surface area (Å²) in [6, 6.07) is 3.94. The quantitative estimate of drug-likeness (QED) is 0.519. The molecule has 1 aromatic carbocycles. The van der Waals surface area contributed by atoms with Gasteiger partial charge in [-0.2, -0.15) is 0 Å². The predicted octanol–water partition coefficient (Wildman–Crippen LogP) is 4.72. The van der Waals surface area contributed by atoms with Crippen LogP contribution in [0.15, 0.2) is 12.1 Å². The van der Waals surface area contributed by atoms with Gasteiger partial charge in [0, 0.05) is 0 Å². The van der Waals surface area contributed by atoms with Gasteiger partial charge in [-0.1, -0.05) is 37.0 Å². The SMILES string of the molecule is CC(C)c1cc(Cl)c(I)c(Cl)c1. The second-order valence-electron chi connectivity index (χ2n) is 2.95. The molecule has 1 aromatic rings. The van der Waals surface area contributed by atoms with Crippen LogP contribution in [0.5, 0.6) is 0 Å². The molecule has 3 heteroatoms. The molecular formula is C9H9Cl2I. The van der Waals surface area contributed by atoms with Gasteiger partial charge in [0.1, 0.15) is 0 Å². The maximum absolute atomic E-state index is 5.97. The minimum Gasteiger partial charge on any atom is -0.0831 e. The normalized spacial score (nSPS) is 10.8. The van der Waals surface area contributed by atoms with Crippen LogP contribution in [-0.2, 0) is 0 Å². The maximum Gasteiger partial charge on any atom is 0.0557 e. The average molecular weight is 315 g/mol. The molecule has 0 heterocycles. The predicted molar refractivity (Wildman–Crippen MR) is 63.3 cm³/mol. The Kier molecular flexibility index (Phi) is 3.68. The number of rotatable bonds is 1. The molecule has 0 aliphatic carbocycles. The van der Waals surface area contributed by atoms with Crippen LogP contribution in [0.2, 0.25) is 10.0 Å². The first-order chi connectivity index (χ1) is 5.52. The fourth-order valence-electron chi connectivity index (χ4n) is 0.908. The molecule has 0 aromatic heterocycles. The van der Waals surface area contributed by atoms with E-state index in [0.29, 0.717) is 5.92 Å². The molecular weight excluding hydrogens is 306 g/mol. The zero-order valence-corrected chi connectivity index (χ0v) is 10.5. The Hall–Kier alpha value is 0.530. The molecule has 0 bridgehead atoms. The minimum absolute atomic E-state index is 0.469. The summed E-state index contributed by atoms with van der Waals surface area (Å²) in [5, 5.41) is 1.48. The van der Waals surface area contributed by atoms with Crippen LogP contribution in [0.25, 0.3) is 0 Å². The summed E-state index contributed by atoms with van der Waals surface area (Å²) in [4.78, 5) is 0. The fourth-order valence-corrected chi connectivity index (χ4v) is 1.72. The van der Waals surface area contributed by atoms with Gasteiger partial charge in [0.2, 0.25) is 0 Å². The molecule has 0 amide bonds. The second-order valence-corrected chi connectivity index (χ2v) is 4.85. The van der Waals surface area contributed by atoms with Crippen molar-refractivity contribution in [3.8, 4) is 0 Å². The third-order valence-electron chi connectivity index (χ3n) is 1.67. The first kappa shape index (κ1) is 10.6. The molecule has 0 fully saturated rings. The molecule has 0 saturated carbocycles. The van der Waals surface area contributed by atoms with Crippen LogP contribution >= 0.6 is 45.8 Å². The highest BCUT2D eigenvalue weighted by atomic mass is 127. The van der Waals surface area contributed by atoms with Crippen molar-refractivity contribution in [3.63, 3.8) is 0 Å². The second kappa shape index (κ2) is 4.16. The first-order valence-corrected chi connectivity index (χ1v) is 5.50. The summed E-state index contributed by atoms with van der Waals surface area (Å²) in [5.74, 6) is 0.469. The van der Waals surface area contributed by atoms with E-state index in [1.807, 2.05) is 12.1 Å². The molecule has 0 saturated heterocycles. The third kappa shape index (κ3) is 2.27. The molecule has 0 N–H and O–H groups in total. The van der Waals surface area contributed by atoms with Gasteiger partial charge < -0.3 is 0 Å². The number of halogens is 3. The highest BCUT2D eigenvalue weighted by Gasteiger charge is 2.07. The van der Waals surface area contributed by atoms with Crippen molar-refractivity contribution >= 4 is 45.8 Å². The zero-order valence-electron chi connectivity index (χ0n) is 6.87. The lowest BCUT2D eigenvalue weighted by Gasteiger charge is -2.08. The summed E-state index contributed by atoms with van der Waals surface area (Å²) >= 11 is 14.1. The topological polar surface area (TPSA) is 0 Å². The summed E-state index contributed by atoms with van der Waals surface area (Å²) < 4.78 is 0.931. The fraction of sp³-hybridized carbons (Fsp3) is 0.333. The largest absolute Gasteiger partial charge is 0.0831 e. The Morgan fingerprint density at radius 3 is 1.92 bits per heavy atom. The van der Waals surface area contributed by atoms with Crippen LogP contribution in [0, 0.1) is 3.57 Å². The van der Waals surface area contributed by atoms with Crippen molar-refractivity contribution in [2.24, 2.45) is 0 Å². The molecule has 66 valence electrons. The van der Waals surface area contributed by atoms with Crippen LogP contribution in [0.1, 0.15) is 25.3 Å². The van der Waals surface area contributed by atoms with Gasteiger partial charge in [-0.15, -0.1) is 0 Å². The number of hydrogen-bond donors (Lipinski definition) is 0. The molecule has 0 aliphatic rings. The van der Waals surface area contributed by atoms with Gasteiger partial charge in [-0.05, 0) is 46.2 Å². The first-order valence-electron chi connectivity index (χ1n) is 3.67. The van der Waals surface area contributed by atoms with E-state index in [-0.39, 0.29) is 0 Å². The van der Waals surface area contributed by atoms with E-state index < -0.39 is 0 Å². The van der Waals surface area contributed by atoms with Crippen LogP contribution in [0.3, 0.4) is 0 Å². The van der Waals surface area contributed by atoms with E-state index >= 15 is 0 Å². The molecule has 0 nitrogen and oxygen atoms in total. The molecule has 0 aliphatic heterocycles. The molecule has 1 rings (SSSR count). The lowest BCUT2D eigenvalue weighted by atomic mass is 10.0. The van der Waals surface area contributed by atoms with Crippen LogP contribution in [-0.4, -0.2) is 0 Å².